The molecule has 0 saturated carbocycles. The molecular weight excluding hydrogens is 278 g/mol. The van der Waals surface area contributed by atoms with Crippen LogP contribution in [0.3, 0.4) is 0 Å². The number of hydrogen-bond donors (Lipinski definition) is 1. The van der Waals surface area contributed by atoms with Crippen molar-refractivity contribution in [3.05, 3.63) is 41.8 Å². The number of benzene rings is 1. The maximum Gasteiger partial charge on any atom is 0.260 e. The molecule has 1 saturated heterocycles. The molecule has 22 heavy (non-hydrogen) atoms. The summed E-state index contributed by atoms with van der Waals surface area (Å²) in [7, 11) is 0. The van der Waals surface area contributed by atoms with Crippen molar-refractivity contribution in [3.8, 4) is 0 Å². The Bertz CT molecular complexity index is 640. The highest BCUT2D eigenvalue weighted by Crippen LogP contribution is 2.24. The lowest BCUT2D eigenvalue weighted by atomic mass is 9.99. The zero-order valence-corrected chi connectivity index (χ0v) is 13.0. The van der Waals surface area contributed by atoms with Gasteiger partial charge in [-0.1, -0.05) is 12.1 Å². The molecule has 0 radical (unpaired) electrons. The molecule has 1 N–H and O–H groups in total. The van der Waals surface area contributed by atoms with Crippen LogP contribution in [0.5, 0.6) is 0 Å². The quantitative estimate of drug-likeness (QED) is 0.942. The van der Waals surface area contributed by atoms with Crippen molar-refractivity contribution in [2.45, 2.75) is 26.7 Å². The second kappa shape index (κ2) is 6.22. The maximum atomic E-state index is 12.1. The van der Waals surface area contributed by atoms with Crippen LogP contribution in [0.4, 0.5) is 11.4 Å². The van der Waals surface area contributed by atoms with E-state index in [1.54, 1.807) is 6.92 Å². The summed E-state index contributed by atoms with van der Waals surface area (Å²) < 4.78 is 4.79. The zero-order valence-electron chi connectivity index (χ0n) is 13.0. The molecule has 0 bridgehead atoms. The highest BCUT2D eigenvalue weighted by Gasteiger charge is 2.16. The molecule has 1 amide bonds. The minimum Gasteiger partial charge on any atom is -0.372 e. The number of amides is 1. The lowest BCUT2D eigenvalue weighted by Gasteiger charge is -2.32. The number of piperidine rings is 1. The van der Waals surface area contributed by atoms with Crippen LogP contribution in [0, 0.1) is 12.8 Å². The van der Waals surface area contributed by atoms with E-state index < -0.39 is 0 Å². The second-order valence-electron chi connectivity index (χ2n) is 5.98. The molecule has 1 aromatic heterocycles. The largest absolute Gasteiger partial charge is 0.372 e. The monoisotopic (exact) mass is 299 g/mol. The summed E-state index contributed by atoms with van der Waals surface area (Å²) in [6.07, 6.45) is 3.85. The molecule has 3 rings (SSSR count). The van der Waals surface area contributed by atoms with Gasteiger partial charge in [-0.05, 0) is 49.9 Å². The van der Waals surface area contributed by atoms with E-state index in [1.165, 1.54) is 24.8 Å². The van der Waals surface area contributed by atoms with Crippen LogP contribution in [0.2, 0.25) is 0 Å². The van der Waals surface area contributed by atoms with Gasteiger partial charge in [0.05, 0.1) is 5.69 Å². The smallest absolute Gasteiger partial charge is 0.260 e. The fourth-order valence-electron chi connectivity index (χ4n) is 2.73. The summed E-state index contributed by atoms with van der Waals surface area (Å²) in [5.41, 5.74) is 3.05. The van der Waals surface area contributed by atoms with Crippen LogP contribution < -0.4 is 10.2 Å². The minimum atomic E-state index is -0.196. The number of nitrogens with one attached hydrogen (secondary N) is 1. The number of hydrogen-bond acceptors (Lipinski definition) is 4. The Balaban J connectivity index is 1.64. The molecular formula is C17H21N3O2. The van der Waals surface area contributed by atoms with Crippen LogP contribution in [-0.2, 0) is 0 Å². The van der Waals surface area contributed by atoms with Gasteiger partial charge in [-0.2, -0.15) is 0 Å². The maximum absolute atomic E-state index is 12.1. The molecule has 0 unspecified atom stereocenters. The van der Waals surface area contributed by atoms with Crippen LogP contribution in [0.15, 0.2) is 35.1 Å². The summed E-state index contributed by atoms with van der Waals surface area (Å²) in [6.45, 7) is 6.26. The van der Waals surface area contributed by atoms with Gasteiger partial charge < -0.3 is 14.7 Å². The van der Waals surface area contributed by atoms with Gasteiger partial charge in [0.25, 0.3) is 5.91 Å². The first kappa shape index (κ1) is 14.6. The number of aryl methyl sites for hydroxylation is 1. The molecule has 1 aromatic carbocycles. The SMILES string of the molecule is Cc1nocc1C(=O)Nc1ccc(N2CCC(C)CC2)cc1. The number of carbonyl (C=O) groups excluding carboxylic acids is 1. The Hall–Kier alpha value is -2.30. The van der Waals surface area contributed by atoms with Crippen molar-refractivity contribution < 1.29 is 9.32 Å². The normalized spacial score (nSPS) is 15.8. The average Bonchev–Trinajstić information content (AvgIpc) is 2.95. The average molecular weight is 299 g/mol. The van der Waals surface area contributed by atoms with Crippen molar-refractivity contribution in [2.24, 2.45) is 5.92 Å². The molecule has 116 valence electrons. The Morgan fingerprint density at radius 1 is 1.27 bits per heavy atom. The second-order valence-corrected chi connectivity index (χ2v) is 5.98. The highest BCUT2D eigenvalue weighted by atomic mass is 16.5. The predicted octanol–water partition coefficient (Wildman–Crippen LogP) is 3.47. The summed E-state index contributed by atoms with van der Waals surface area (Å²) in [4.78, 5) is 14.5. The summed E-state index contributed by atoms with van der Waals surface area (Å²) in [6, 6.07) is 8.00. The van der Waals surface area contributed by atoms with Crippen LogP contribution in [0.25, 0.3) is 0 Å². The van der Waals surface area contributed by atoms with E-state index in [0.717, 1.165) is 24.7 Å². The van der Waals surface area contributed by atoms with E-state index in [0.29, 0.717) is 11.3 Å². The first-order valence-electron chi connectivity index (χ1n) is 7.71. The lowest BCUT2D eigenvalue weighted by Crippen LogP contribution is -2.32. The van der Waals surface area contributed by atoms with Crippen molar-refractivity contribution >= 4 is 17.3 Å². The van der Waals surface area contributed by atoms with Gasteiger partial charge in [0.15, 0.2) is 0 Å². The van der Waals surface area contributed by atoms with Gasteiger partial charge >= 0.3 is 0 Å². The molecule has 1 aliphatic rings. The number of aromatic nitrogens is 1. The van der Waals surface area contributed by atoms with Crippen LogP contribution in [-0.4, -0.2) is 24.2 Å². The standard InChI is InChI=1S/C17H21N3O2/c1-12-7-9-20(10-8-12)15-5-3-14(4-6-15)18-17(21)16-11-22-19-13(16)2/h3-6,11-12H,7-10H2,1-2H3,(H,18,21). The minimum absolute atomic E-state index is 0.196. The van der Waals surface area contributed by atoms with Gasteiger partial charge in [0, 0.05) is 24.5 Å². The summed E-state index contributed by atoms with van der Waals surface area (Å²) in [5, 5.41) is 6.58. The van der Waals surface area contributed by atoms with Crippen LogP contribution in [0.1, 0.15) is 35.8 Å². The van der Waals surface area contributed by atoms with Crippen LogP contribution >= 0.6 is 0 Å². The Morgan fingerprint density at radius 2 is 1.95 bits per heavy atom. The number of anilines is 2. The Kier molecular flexibility index (Phi) is 4.13. The third-order valence-corrected chi connectivity index (χ3v) is 4.27. The van der Waals surface area contributed by atoms with Gasteiger partial charge in [-0.25, -0.2) is 0 Å². The summed E-state index contributed by atoms with van der Waals surface area (Å²) >= 11 is 0. The predicted molar refractivity (Wildman–Crippen MR) is 86.2 cm³/mol. The lowest BCUT2D eigenvalue weighted by molar-refractivity contribution is 0.102. The van der Waals surface area contributed by atoms with E-state index in [-0.39, 0.29) is 5.91 Å². The topological polar surface area (TPSA) is 58.4 Å². The van der Waals surface area contributed by atoms with E-state index in [4.69, 9.17) is 4.52 Å². The third-order valence-electron chi connectivity index (χ3n) is 4.27. The van der Waals surface area contributed by atoms with Gasteiger partial charge in [-0.15, -0.1) is 0 Å². The third kappa shape index (κ3) is 3.13. The van der Waals surface area contributed by atoms with Gasteiger partial charge in [0.1, 0.15) is 11.8 Å². The zero-order chi connectivity index (χ0) is 15.5. The number of nitrogens with zero attached hydrogens (tertiary/aromatic N) is 2. The fraction of sp³-hybridized carbons (Fsp3) is 0.412. The van der Waals surface area contributed by atoms with Gasteiger partial charge in [-0.3, -0.25) is 4.79 Å². The van der Waals surface area contributed by atoms with E-state index >= 15 is 0 Å². The van der Waals surface area contributed by atoms with Gasteiger partial charge in [0.2, 0.25) is 0 Å². The first-order chi connectivity index (χ1) is 10.6. The summed E-state index contributed by atoms with van der Waals surface area (Å²) in [5.74, 6) is 0.625. The van der Waals surface area contributed by atoms with E-state index in [1.807, 2.05) is 12.1 Å². The molecule has 1 aliphatic heterocycles. The van der Waals surface area contributed by atoms with Crippen molar-refractivity contribution in [1.29, 1.82) is 0 Å². The highest BCUT2D eigenvalue weighted by molar-refractivity contribution is 6.04. The Morgan fingerprint density at radius 3 is 2.55 bits per heavy atom. The van der Waals surface area contributed by atoms with Crippen molar-refractivity contribution in [1.82, 2.24) is 5.16 Å². The molecule has 5 nitrogen and oxygen atoms in total. The Labute approximate surface area is 130 Å². The number of rotatable bonds is 3. The molecule has 2 aromatic rings. The van der Waals surface area contributed by atoms with Crippen molar-refractivity contribution in [2.75, 3.05) is 23.3 Å². The number of carbonyl (C=O) groups is 1. The van der Waals surface area contributed by atoms with E-state index in [9.17, 15) is 4.79 Å². The molecule has 2 heterocycles. The van der Waals surface area contributed by atoms with E-state index in [2.05, 4.69) is 34.4 Å². The molecule has 1 fully saturated rings. The van der Waals surface area contributed by atoms with Crippen molar-refractivity contribution in [3.63, 3.8) is 0 Å². The molecule has 0 spiro atoms. The molecule has 0 atom stereocenters. The molecule has 5 heteroatoms. The first-order valence-corrected chi connectivity index (χ1v) is 7.71. The molecule has 0 aliphatic carbocycles. The fourth-order valence-corrected chi connectivity index (χ4v) is 2.73.